The number of aromatic hydroxyl groups is 1. The molecule has 1 saturated heterocycles. The van der Waals surface area contributed by atoms with Gasteiger partial charge in [-0.05, 0) is 50.1 Å². The molecule has 0 atom stereocenters. The molecule has 0 unspecified atom stereocenters. The number of ether oxygens (including phenoxy) is 1. The summed E-state index contributed by atoms with van der Waals surface area (Å²) < 4.78 is 8.46. The first-order valence-corrected chi connectivity index (χ1v) is 10.8. The Morgan fingerprint density at radius 1 is 1.30 bits per heavy atom. The molecule has 0 radical (unpaired) electrons. The molecule has 1 amide bonds. The van der Waals surface area contributed by atoms with E-state index in [1.807, 2.05) is 0 Å². The fourth-order valence-electron chi connectivity index (χ4n) is 4.32. The van der Waals surface area contributed by atoms with E-state index in [1.54, 1.807) is 10.8 Å². The lowest BCUT2D eigenvalue weighted by Gasteiger charge is -2.24. The summed E-state index contributed by atoms with van der Waals surface area (Å²) in [6.07, 6.45) is 8.12. The van der Waals surface area contributed by atoms with Gasteiger partial charge in [0.15, 0.2) is 5.56 Å². The Bertz CT molecular complexity index is 1060. The molecule has 30 heavy (non-hydrogen) atoms. The molecule has 0 aromatic carbocycles. The average molecular weight is 413 g/mol. The maximum Gasteiger partial charge on any atom is 0.270 e. The number of nitrogens with zero attached hydrogens (tertiary/aromatic N) is 3. The molecule has 2 aromatic rings. The van der Waals surface area contributed by atoms with E-state index in [0.29, 0.717) is 25.4 Å². The van der Waals surface area contributed by atoms with E-state index in [1.165, 1.54) is 4.52 Å². The second kappa shape index (κ2) is 7.88. The number of rotatable bonds is 5. The Kier molecular flexibility index (Phi) is 5.08. The van der Waals surface area contributed by atoms with Crippen molar-refractivity contribution in [3.63, 3.8) is 0 Å². The Balaban J connectivity index is 1.66. The quantitative estimate of drug-likeness (QED) is 0.672. The van der Waals surface area contributed by atoms with Crippen molar-refractivity contribution in [1.82, 2.24) is 24.8 Å². The van der Waals surface area contributed by atoms with Crippen LogP contribution in [-0.4, -0.2) is 57.5 Å². The molecule has 1 saturated carbocycles. The molecule has 1 aliphatic carbocycles. The Labute approximate surface area is 173 Å². The largest absolute Gasteiger partial charge is 0.492 e. The predicted molar refractivity (Wildman–Crippen MR) is 111 cm³/mol. The monoisotopic (exact) mass is 413 g/mol. The van der Waals surface area contributed by atoms with Crippen LogP contribution >= 0.6 is 0 Å². The minimum atomic E-state index is -0.527. The van der Waals surface area contributed by atoms with Crippen molar-refractivity contribution in [3.05, 3.63) is 33.8 Å². The summed E-state index contributed by atoms with van der Waals surface area (Å²) in [4.78, 5) is 26.3. The third-order valence-electron chi connectivity index (χ3n) is 6.21. The van der Waals surface area contributed by atoms with Gasteiger partial charge in [-0.3, -0.25) is 14.2 Å². The fourth-order valence-corrected chi connectivity index (χ4v) is 4.32. The first-order valence-electron chi connectivity index (χ1n) is 10.8. The summed E-state index contributed by atoms with van der Waals surface area (Å²) in [6, 6.07) is 0.0871. The van der Waals surface area contributed by atoms with Gasteiger partial charge in [-0.1, -0.05) is 6.08 Å². The Morgan fingerprint density at radius 3 is 2.80 bits per heavy atom. The lowest BCUT2D eigenvalue weighted by molar-refractivity contribution is 0.0611. The lowest BCUT2D eigenvalue weighted by Crippen LogP contribution is -2.37. The third-order valence-corrected chi connectivity index (χ3v) is 6.21. The maximum absolute atomic E-state index is 13.5. The van der Waals surface area contributed by atoms with Crippen LogP contribution in [0, 0.1) is 5.92 Å². The normalized spacial score (nSPS) is 20.3. The highest BCUT2D eigenvalue weighted by Crippen LogP contribution is 2.29. The van der Waals surface area contributed by atoms with Crippen molar-refractivity contribution < 1.29 is 14.6 Å². The zero-order valence-corrected chi connectivity index (χ0v) is 16.9. The lowest BCUT2D eigenvalue weighted by atomic mass is 9.99. The van der Waals surface area contributed by atoms with Crippen LogP contribution in [0.4, 0.5) is 0 Å². The molecule has 160 valence electrons. The van der Waals surface area contributed by atoms with Gasteiger partial charge in [-0.2, -0.15) is 9.61 Å². The van der Waals surface area contributed by atoms with Crippen LogP contribution in [-0.2, 0) is 11.3 Å². The van der Waals surface area contributed by atoms with Gasteiger partial charge in [0.2, 0.25) is 5.88 Å². The van der Waals surface area contributed by atoms with Gasteiger partial charge in [-0.25, -0.2) is 0 Å². The summed E-state index contributed by atoms with van der Waals surface area (Å²) in [5, 5.41) is 21.3. The molecule has 3 aliphatic rings. The zero-order chi connectivity index (χ0) is 20.7. The summed E-state index contributed by atoms with van der Waals surface area (Å²) >= 11 is 0. The van der Waals surface area contributed by atoms with Crippen molar-refractivity contribution >= 4 is 17.1 Å². The van der Waals surface area contributed by atoms with E-state index in [0.717, 1.165) is 56.3 Å². The first-order chi connectivity index (χ1) is 14.6. The Hall–Kier alpha value is -2.65. The van der Waals surface area contributed by atoms with Crippen LogP contribution in [0.5, 0.6) is 5.88 Å². The maximum atomic E-state index is 13.5. The van der Waals surface area contributed by atoms with Gasteiger partial charge in [0.1, 0.15) is 5.65 Å². The number of nitrogens with one attached hydrogen (secondary N) is 2. The molecule has 2 aromatic heterocycles. The van der Waals surface area contributed by atoms with Crippen molar-refractivity contribution in [2.75, 3.05) is 26.3 Å². The number of carbonyl (C=O) groups excluding carboxylic acids is 1. The molecule has 0 bridgehead atoms. The van der Waals surface area contributed by atoms with E-state index in [9.17, 15) is 14.7 Å². The number of hydrogen-bond donors (Lipinski definition) is 3. The predicted octanol–water partition coefficient (Wildman–Crippen LogP) is 0.897. The molecule has 3 N–H and O–H groups in total. The first kappa shape index (κ1) is 19.3. The molecule has 2 aliphatic heterocycles. The number of amides is 1. The highest BCUT2D eigenvalue weighted by Gasteiger charge is 2.31. The average Bonchev–Trinajstić information content (AvgIpc) is 3.46. The van der Waals surface area contributed by atoms with Gasteiger partial charge in [0.05, 0.1) is 6.20 Å². The topological polar surface area (TPSA) is 110 Å². The molecular weight excluding hydrogens is 386 g/mol. The van der Waals surface area contributed by atoms with Crippen molar-refractivity contribution in [1.29, 1.82) is 0 Å². The summed E-state index contributed by atoms with van der Waals surface area (Å²) in [5.41, 5.74) is 1.81. The second-order valence-corrected chi connectivity index (χ2v) is 8.39. The van der Waals surface area contributed by atoms with Crippen molar-refractivity contribution in [2.45, 2.75) is 44.7 Å². The minimum Gasteiger partial charge on any atom is -0.492 e. The van der Waals surface area contributed by atoms with Crippen LogP contribution in [0.15, 0.2) is 17.1 Å². The van der Waals surface area contributed by atoms with E-state index >= 15 is 0 Å². The van der Waals surface area contributed by atoms with E-state index in [2.05, 4.69) is 21.8 Å². The fraction of sp³-hybridized carbons (Fsp3) is 0.571. The molecule has 2 fully saturated rings. The van der Waals surface area contributed by atoms with Gasteiger partial charge in [-0.15, -0.1) is 0 Å². The van der Waals surface area contributed by atoms with E-state index in [-0.39, 0.29) is 17.5 Å². The van der Waals surface area contributed by atoms with Crippen molar-refractivity contribution in [2.24, 2.45) is 5.92 Å². The minimum absolute atomic E-state index is 0.0871. The number of hydrogen-bond acceptors (Lipinski definition) is 6. The number of fused-ring (bicyclic) bond motifs is 1. The molecule has 9 nitrogen and oxygen atoms in total. The van der Waals surface area contributed by atoms with Crippen LogP contribution in [0.25, 0.3) is 11.2 Å². The van der Waals surface area contributed by atoms with E-state index < -0.39 is 17.3 Å². The molecule has 0 spiro atoms. The summed E-state index contributed by atoms with van der Waals surface area (Å²) in [7, 11) is 0. The van der Waals surface area contributed by atoms with Crippen LogP contribution < -0.4 is 16.2 Å². The molecule has 4 heterocycles. The zero-order valence-electron chi connectivity index (χ0n) is 16.9. The van der Waals surface area contributed by atoms with Gasteiger partial charge in [0.25, 0.3) is 11.5 Å². The van der Waals surface area contributed by atoms with E-state index in [4.69, 9.17) is 4.74 Å². The standard InChI is InChI=1S/C21H27N5O4/c27-18(24-15-1-2-15)17-20(28)25(12-13-5-9-30-10-6-13)19-16(11-23-26(19)21(17)29)14-3-7-22-8-4-14/h3,11,13,15,22,29H,1-2,4-10,12H2,(H,24,27). The molecule has 5 rings (SSSR count). The number of carbonyl (C=O) groups is 1. The van der Waals surface area contributed by atoms with Gasteiger partial charge >= 0.3 is 0 Å². The van der Waals surface area contributed by atoms with Gasteiger partial charge < -0.3 is 20.5 Å². The highest BCUT2D eigenvalue weighted by atomic mass is 16.5. The molecule has 9 heteroatoms. The third kappa shape index (κ3) is 3.52. The summed E-state index contributed by atoms with van der Waals surface area (Å²) in [6.45, 7) is 3.42. The van der Waals surface area contributed by atoms with Crippen LogP contribution in [0.3, 0.4) is 0 Å². The highest BCUT2D eigenvalue weighted by molar-refractivity contribution is 5.97. The van der Waals surface area contributed by atoms with Crippen LogP contribution in [0.2, 0.25) is 0 Å². The summed E-state index contributed by atoms with van der Waals surface area (Å²) in [5.74, 6) is -0.646. The Morgan fingerprint density at radius 2 is 2.10 bits per heavy atom. The molecular formula is C21H27N5O4. The smallest absolute Gasteiger partial charge is 0.270 e. The van der Waals surface area contributed by atoms with Crippen molar-refractivity contribution in [3.8, 4) is 5.88 Å². The second-order valence-electron chi connectivity index (χ2n) is 8.39. The van der Waals surface area contributed by atoms with Gasteiger partial charge in [0, 0.05) is 37.9 Å². The number of aromatic nitrogens is 3. The SMILES string of the molecule is O=C(NC1CC1)c1c(O)n2ncc(C3=CCNCC3)c2n(CC2CCOCC2)c1=O. The van der Waals surface area contributed by atoms with Crippen LogP contribution in [0.1, 0.15) is 48.0 Å².